The number of aromatic nitrogens is 1. The van der Waals surface area contributed by atoms with E-state index in [0.29, 0.717) is 17.8 Å². The summed E-state index contributed by atoms with van der Waals surface area (Å²) in [6.07, 6.45) is 8.36. The molecular weight excluding hydrogens is 344 g/mol. The molecule has 1 aromatic heterocycles. The third kappa shape index (κ3) is 6.29. The van der Waals surface area contributed by atoms with Crippen LogP contribution < -0.4 is 10.6 Å². The quantitative estimate of drug-likeness (QED) is 0.739. The van der Waals surface area contributed by atoms with Crippen LogP contribution in [-0.4, -0.2) is 67.1 Å². The van der Waals surface area contributed by atoms with Gasteiger partial charge in [-0.2, -0.15) is 0 Å². The number of morpholine rings is 1. The molecule has 1 aromatic rings. The topological polar surface area (TPSA) is 83.6 Å². The van der Waals surface area contributed by atoms with Gasteiger partial charge in [-0.1, -0.05) is 25.7 Å². The van der Waals surface area contributed by atoms with E-state index in [1.165, 1.54) is 19.0 Å². The van der Waals surface area contributed by atoms with Crippen molar-refractivity contribution in [1.82, 2.24) is 20.5 Å². The van der Waals surface area contributed by atoms with E-state index < -0.39 is 0 Å². The lowest BCUT2D eigenvalue weighted by atomic mass is 10.1. The smallest absolute Gasteiger partial charge is 0.270 e. The summed E-state index contributed by atoms with van der Waals surface area (Å²) in [7, 11) is 0. The predicted octanol–water partition coefficient (Wildman–Crippen LogP) is 1.60. The fourth-order valence-corrected chi connectivity index (χ4v) is 3.63. The molecule has 0 unspecified atom stereocenters. The molecule has 0 atom stereocenters. The molecule has 0 spiro atoms. The van der Waals surface area contributed by atoms with Crippen LogP contribution in [0.1, 0.15) is 59.4 Å². The van der Waals surface area contributed by atoms with Crippen LogP contribution >= 0.6 is 0 Å². The highest BCUT2D eigenvalue weighted by Gasteiger charge is 2.18. The molecule has 7 nitrogen and oxygen atoms in total. The molecule has 2 aliphatic rings. The van der Waals surface area contributed by atoms with E-state index in [9.17, 15) is 9.59 Å². The van der Waals surface area contributed by atoms with Gasteiger partial charge < -0.3 is 15.4 Å². The van der Waals surface area contributed by atoms with Crippen LogP contribution in [0.15, 0.2) is 18.3 Å². The molecule has 2 heterocycles. The summed E-state index contributed by atoms with van der Waals surface area (Å²) in [5.74, 6) is -0.362. The molecule has 2 amide bonds. The Bertz CT molecular complexity index is 623. The second-order valence-corrected chi connectivity index (χ2v) is 7.30. The average molecular weight is 374 g/mol. The average Bonchev–Trinajstić information content (AvgIpc) is 2.97. The minimum absolute atomic E-state index is 0.172. The number of amides is 2. The van der Waals surface area contributed by atoms with Crippen LogP contribution in [0.4, 0.5) is 0 Å². The summed E-state index contributed by atoms with van der Waals surface area (Å²) >= 11 is 0. The summed E-state index contributed by atoms with van der Waals surface area (Å²) in [6, 6.07) is 3.44. The zero-order chi connectivity index (χ0) is 18.9. The number of pyridine rings is 1. The molecule has 7 heteroatoms. The zero-order valence-electron chi connectivity index (χ0n) is 15.9. The molecule has 2 N–H and O–H groups in total. The molecule has 1 saturated heterocycles. The molecule has 1 aliphatic carbocycles. The first-order valence-electron chi connectivity index (χ1n) is 10.1. The van der Waals surface area contributed by atoms with Gasteiger partial charge in [0.15, 0.2) is 0 Å². The number of nitrogens with one attached hydrogen (secondary N) is 2. The second-order valence-electron chi connectivity index (χ2n) is 7.30. The Hall–Kier alpha value is -1.99. The summed E-state index contributed by atoms with van der Waals surface area (Å²) in [4.78, 5) is 31.3. The molecule has 0 radical (unpaired) electrons. The Balaban J connectivity index is 1.49. The van der Waals surface area contributed by atoms with Crippen LogP contribution in [-0.2, 0) is 4.74 Å². The van der Waals surface area contributed by atoms with E-state index >= 15 is 0 Å². The highest BCUT2D eigenvalue weighted by molar-refractivity contribution is 5.98. The monoisotopic (exact) mass is 374 g/mol. The lowest BCUT2D eigenvalue weighted by Crippen LogP contribution is -2.41. The van der Waals surface area contributed by atoms with Crippen molar-refractivity contribution in [3.05, 3.63) is 29.6 Å². The van der Waals surface area contributed by atoms with E-state index in [1.807, 2.05) is 0 Å². The van der Waals surface area contributed by atoms with Crippen LogP contribution in [0.2, 0.25) is 0 Å². The van der Waals surface area contributed by atoms with Crippen molar-refractivity contribution >= 4 is 11.8 Å². The number of hydrogen-bond acceptors (Lipinski definition) is 5. The molecule has 2 fully saturated rings. The van der Waals surface area contributed by atoms with Gasteiger partial charge in [0.1, 0.15) is 5.69 Å². The third-order valence-corrected chi connectivity index (χ3v) is 5.26. The van der Waals surface area contributed by atoms with E-state index in [2.05, 4.69) is 20.5 Å². The molecule has 3 rings (SSSR count). The maximum Gasteiger partial charge on any atom is 0.270 e. The van der Waals surface area contributed by atoms with E-state index in [1.54, 1.807) is 12.1 Å². The first kappa shape index (κ1) is 19.8. The van der Waals surface area contributed by atoms with Gasteiger partial charge in [-0.25, -0.2) is 0 Å². The van der Waals surface area contributed by atoms with Crippen molar-refractivity contribution in [2.24, 2.45) is 0 Å². The Kier molecular flexibility index (Phi) is 7.59. The van der Waals surface area contributed by atoms with Gasteiger partial charge in [-0.15, -0.1) is 0 Å². The van der Waals surface area contributed by atoms with Crippen LogP contribution in [0.3, 0.4) is 0 Å². The van der Waals surface area contributed by atoms with Crippen molar-refractivity contribution in [2.75, 3.05) is 39.4 Å². The van der Waals surface area contributed by atoms with Gasteiger partial charge in [0.05, 0.1) is 13.2 Å². The molecule has 0 aromatic carbocycles. The van der Waals surface area contributed by atoms with Crippen LogP contribution in [0.5, 0.6) is 0 Å². The van der Waals surface area contributed by atoms with Gasteiger partial charge in [0.2, 0.25) is 0 Å². The summed E-state index contributed by atoms with van der Waals surface area (Å²) in [6.45, 7) is 4.67. The normalized spacial score (nSPS) is 19.3. The van der Waals surface area contributed by atoms with Crippen molar-refractivity contribution in [1.29, 1.82) is 0 Å². The first-order valence-corrected chi connectivity index (χ1v) is 10.1. The first-order chi connectivity index (χ1) is 13.2. The maximum atomic E-state index is 12.5. The fraction of sp³-hybridized carbons (Fsp3) is 0.650. The molecule has 1 saturated carbocycles. The van der Waals surface area contributed by atoms with Gasteiger partial charge in [0.25, 0.3) is 11.8 Å². The molecule has 0 bridgehead atoms. The van der Waals surface area contributed by atoms with E-state index in [4.69, 9.17) is 4.74 Å². The Morgan fingerprint density at radius 2 is 1.85 bits per heavy atom. The lowest BCUT2D eigenvalue weighted by molar-refractivity contribution is 0.0383. The van der Waals surface area contributed by atoms with Crippen LogP contribution in [0.25, 0.3) is 0 Å². The van der Waals surface area contributed by atoms with Crippen LogP contribution in [0, 0.1) is 0 Å². The molecule has 148 valence electrons. The minimum Gasteiger partial charge on any atom is -0.379 e. The summed E-state index contributed by atoms with van der Waals surface area (Å²) < 4.78 is 5.32. The largest absolute Gasteiger partial charge is 0.379 e. The standard InChI is InChI=1S/C20H30N4O3/c25-19(22-9-10-24-11-13-27-14-12-24)16-7-8-21-18(15-16)20(26)23-17-5-3-1-2-4-6-17/h7-8,15,17H,1-6,9-14H2,(H,22,25)(H,23,26). The number of nitrogens with zero attached hydrogens (tertiary/aromatic N) is 2. The van der Waals surface area contributed by atoms with Crippen molar-refractivity contribution in [3.8, 4) is 0 Å². The fourth-order valence-electron chi connectivity index (χ4n) is 3.63. The number of rotatable bonds is 6. The lowest BCUT2D eigenvalue weighted by Gasteiger charge is -2.26. The van der Waals surface area contributed by atoms with E-state index in [0.717, 1.165) is 58.5 Å². The van der Waals surface area contributed by atoms with E-state index in [-0.39, 0.29) is 17.9 Å². The Labute approximate surface area is 160 Å². The highest BCUT2D eigenvalue weighted by Crippen LogP contribution is 2.17. The van der Waals surface area contributed by atoms with Crippen molar-refractivity contribution in [2.45, 2.75) is 44.6 Å². The third-order valence-electron chi connectivity index (χ3n) is 5.26. The SMILES string of the molecule is O=C(NCCN1CCOCC1)c1ccnc(C(=O)NC2CCCCCC2)c1. The highest BCUT2D eigenvalue weighted by atomic mass is 16.5. The number of hydrogen-bond donors (Lipinski definition) is 2. The Morgan fingerprint density at radius 3 is 2.59 bits per heavy atom. The van der Waals surface area contributed by atoms with Crippen molar-refractivity contribution in [3.63, 3.8) is 0 Å². The number of carbonyl (C=O) groups is 2. The predicted molar refractivity (Wildman–Crippen MR) is 103 cm³/mol. The number of carbonyl (C=O) groups excluding carboxylic acids is 2. The summed E-state index contributed by atoms with van der Waals surface area (Å²) in [5.41, 5.74) is 0.776. The number of ether oxygens (including phenoxy) is 1. The van der Waals surface area contributed by atoms with Gasteiger partial charge in [-0.3, -0.25) is 19.5 Å². The van der Waals surface area contributed by atoms with Gasteiger partial charge in [0, 0.05) is 44.0 Å². The minimum atomic E-state index is -0.190. The Morgan fingerprint density at radius 1 is 1.11 bits per heavy atom. The molecule has 1 aliphatic heterocycles. The molecular formula is C20H30N4O3. The molecule has 27 heavy (non-hydrogen) atoms. The van der Waals surface area contributed by atoms with Gasteiger partial charge >= 0.3 is 0 Å². The second kappa shape index (κ2) is 10.4. The van der Waals surface area contributed by atoms with Crippen molar-refractivity contribution < 1.29 is 14.3 Å². The summed E-state index contributed by atoms with van der Waals surface area (Å²) in [5, 5.41) is 6.00. The maximum absolute atomic E-state index is 12.5. The zero-order valence-corrected chi connectivity index (χ0v) is 15.9. The van der Waals surface area contributed by atoms with Gasteiger partial charge in [-0.05, 0) is 25.0 Å².